The molecule has 2 N–H and O–H groups in total. The summed E-state index contributed by atoms with van der Waals surface area (Å²) in [6, 6.07) is 5.75. The third kappa shape index (κ3) is 2.45. The molecule has 6 heteroatoms. The van der Waals surface area contributed by atoms with E-state index in [1.54, 1.807) is 6.07 Å². The van der Waals surface area contributed by atoms with Gasteiger partial charge in [0, 0.05) is 0 Å². The first-order chi connectivity index (χ1) is 8.95. The zero-order chi connectivity index (χ0) is 13.6. The summed E-state index contributed by atoms with van der Waals surface area (Å²) in [6.45, 7) is 4.08. The van der Waals surface area contributed by atoms with Crippen LogP contribution >= 0.6 is 0 Å². The predicted molar refractivity (Wildman–Crippen MR) is 74.9 cm³/mol. The molecule has 1 saturated carbocycles. The number of hydrogen-bond acceptors (Lipinski definition) is 3. The molecule has 0 aromatic heterocycles. The van der Waals surface area contributed by atoms with Gasteiger partial charge in [0.1, 0.15) is 4.90 Å². The zero-order valence-corrected chi connectivity index (χ0v) is 11.8. The number of rotatable bonds is 2. The first-order valence-corrected chi connectivity index (χ1v) is 7.95. The molecular weight excluding hydrogens is 262 g/mol. The second-order valence-electron chi connectivity index (χ2n) is 5.35. The third-order valence-corrected chi connectivity index (χ3v) is 4.68. The molecule has 1 aliphatic carbocycles. The Morgan fingerprint density at radius 3 is 2.68 bits per heavy atom. The van der Waals surface area contributed by atoms with Crippen molar-refractivity contribution in [3.63, 3.8) is 0 Å². The summed E-state index contributed by atoms with van der Waals surface area (Å²) >= 11 is 0. The molecule has 19 heavy (non-hydrogen) atoms. The van der Waals surface area contributed by atoms with Gasteiger partial charge >= 0.3 is 0 Å². The van der Waals surface area contributed by atoms with E-state index in [-0.39, 0.29) is 6.04 Å². The quantitative estimate of drug-likeness (QED) is 0.870. The minimum absolute atomic E-state index is 0.265. The third-order valence-electron chi connectivity index (χ3n) is 3.30. The van der Waals surface area contributed by atoms with E-state index in [0.717, 1.165) is 18.4 Å². The molecule has 0 saturated heterocycles. The lowest BCUT2D eigenvalue weighted by Crippen LogP contribution is -2.41. The van der Waals surface area contributed by atoms with Crippen LogP contribution in [-0.2, 0) is 10.0 Å². The first-order valence-electron chi connectivity index (χ1n) is 6.47. The van der Waals surface area contributed by atoms with Gasteiger partial charge in [-0.15, -0.1) is 0 Å². The van der Waals surface area contributed by atoms with Crippen LogP contribution in [0.2, 0.25) is 0 Å². The SMILES string of the molecule is CC(C)c1ccc2c(c1)S(=O)(=O)NC(=NC1CC1)N2. The monoisotopic (exact) mass is 279 g/mol. The normalized spacial score (nSPS) is 22.8. The highest BCUT2D eigenvalue weighted by molar-refractivity contribution is 7.90. The van der Waals surface area contributed by atoms with E-state index < -0.39 is 10.0 Å². The Kier molecular flexibility index (Phi) is 2.78. The fourth-order valence-corrected chi connectivity index (χ4v) is 3.17. The highest BCUT2D eigenvalue weighted by Gasteiger charge is 2.29. The lowest BCUT2D eigenvalue weighted by molar-refractivity contribution is 0.591. The van der Waals surface area contributed by atoms with Gasteiger partial charge in [-0.25, -0.2) is 18.1 Å². The van der Waals surface area contributed by atoms with Crippen molar-refractivity contribution in [2.45, 2.75) is 43.5 Å². The summed E-state index contributed by atoms with van der Waals surface area (Å²) in [6.07, 6.45) is 2.07. The van der Waals surface area contributed by atoms with Gasteiger partial charge in [0.05, 0.1) is 11.7 Å². The van der Waals surface area contributed by atoms with Crippen LogP contribution in [0.25, 0.3) is 0 Å². The number of nitrogens with one attached hydrogen (secondary N) is 2. The lowest BCUT2D eigenvalue weighted by Gasteiger charge is -2.22. The maximum atomic E-state index is 12.2. The summed E-state index contributed by atoms with van der Waals surface area (Å²) < 4.78 is 27.0. The van der Waals surface area contributed by atoms with E-state index in [0.29, 0.717) is 22.5 Å². The van der Waals surface area contributed by atoms with E-state index in [4.69, 9.17) is 0 Å². The predicted octanol–water partition coefficient (Wildman–Crippen LogP) is 2.03. The number of guanidine groups is 1. The van der Waals surface area contributed by atoms with Gasteiger partial charge in [-0.3, -0.25) is 0 Å². The Hall–Kier alpha value is -1.56. The second-order valence-corrected chi connectivity index (χ2v) is 7.00. The molecule has 0 radical (unpaired) electrons. The van der Waals surface area contributed by atoms with Gasteiger partial charge in [-0.1, -0.05) is 19.9 Å². The minimum Gasteiger partial charge on any atom is -0.324 e. The van der Waals surface area contributed by atoms with Gasteiger partial charge in [0.25, 0.3) is 10.0 Å². The van der Waals surface area contributed by atoms with Crippen LogP contribution in [-0.4, -0.2) is 20.4 Å². The highest BCUT2D eigenvalue weighted by Crippen LogP contribution is 2.30. The molecule has 1 fully saturated rings. The lowest BCUT2D eigenvalue weighted by atomic mass is 10.0. The van der Waals surface area contributed by atoms with Crippen molar-refractivity contribution in [2.24, 2.45) is 4.99 Å². The van der Waals surface area contributed by atoms with E-state index in [2.05, 4.69) is 15.0 Å². The van der Waals surface area contributed by atoms with Crippen LogP contribution in [0.4, 0.5) is 5.69 Å². The molecule has 3 rings (SSSR count). The van der Waals surface area contributed by atoms with Crippen molar-refractivity contribution in [1.29, 1.82) is 0 Å². The molecule has 2 aliphatic rings. The minimum atomic E-state index is -3.51. The Bertz CT molecular complexity index is 646. The Morgan fingerprint density at radius 1 is 1.32 bits per heavy atom. The van der Waals surface area contributed by atoms with Crippen LogP contribution in [0.15, 0.2) is 28.1 Å². The Labute approximate surface area is 113 Å². The van der Waals surface area contributed by atoms with Crippen molar-refractivity contribution in [2.75, 3.05) is 5.32 Å². The Morgan fingerprint density at radius 2 is 2.05 bits per heavy atom. The fraction of sp³-hybridized carbons (Fsp3) is 0.462. The number of anilines is 1. The molecule has 1 aliphatic heterocycles. The summed E-state index contributed by atoms with van der Waals surface area (Å²) in [5, 5.41) is 3.05. The topological polar surface area (TPSA) is 70.6 Å². The highest BCUT2D eigenvalue weighted by atomic mass is 32.2. The van der Waals surface area contributed by atoms with E-state index in [1.165, 1.54) is 0 Å². The molecule has 0 bridgehead atoms. The van der Waals surface area contributed by atoms with Crippen LogP contribution in [0, 0.1) is 0 Å². The molecule has 102 valence electrons. The maximum Gasteiger partial charge on any atom is 0.266 e. The number of sulfonamides is 1. The number of aliphatic imine (C=N–C) groups is 1. The van der Waals surface area contributed by atoms with Crippen molar-refractivity contribution in [3.8, 4) is 0 Å². The van der Waals surface area contributed by atoms with Crippen molar-refractivity contribution >= 4 is 21.7 Å². The molecule has 0 amide bonds. The second kappa shape index (κ2) is 4.23. The van der Waals surface area contributed by atoms with E-state index >= 15 is 0 Å². The molecule has 0 atom stereocenters. The van der Waals surface area contributed by atoms with Crippen molar-refractivity contribution < 1.29 is 8.42 Å². The largest absolute Gasteiger partial charge is 0.324 e. The van der Waals surface area contributed by atoms with Crippen molar-refractivity contribution in [1.82, 2.24) is 4.72 Å². The standard InChI is InChI=1S/C13H17N3O2S/c1-8(2)9-3-6-11-12(7-9)19(17,18)16-13(15-11)14-10-4-5-10/h3,6-8,10H,4-5H2,1-2H3,(H2,14,15,16). The molecular formula is C13H17N3O2S. The molecule has 5 nitrogen and oxygen atoms in total. The molecule has 1 aromatic carbocycles. The zero-order valence-electron chi connectivity index (χ0n) is 11.0. The van der Waals surface area contributed by atoms with Gasteiger partial charge < -0.3 is 5.32 Å². The van der Waals surface area contributed by atoms with E-state index in [1.807, 2.05) is 26.0 Å². The summed E-state index contributed by atoms with van der Waals surface area (Å²) in [5.41, 5.74) is 1.61. The maximum absolute atomic E-state index is 12.2. The Balaban J connectivity index is 2.03. The van der Waals surface area contributed by atoms with E-state index in [9.17, 15) is 8.42 Å². The number of fused-ring (bicyclic) bond motifs is 1. The average molecular weight is 279 g/mol. The van der Waals surface area contributed by atoms with Gasteiger partial charge in [-0.05, 0) is 36.5 Å². The number of nitrogens with zero attached hydrogens (tertiary/aromatic N) is 1. The molecule has 0 unspecified atom stereocenters. The average Bonchev–Trinajstić information content (AvgIpc) is 3.11. The molecule has 1 heterocycles. The van der Waals surface area contributed by atoms with Gasteiger partial charge in [0.2, 0.25) is 5.96 Å². The fourth-order valence-electron chi connectivity index (χ4n) is 2.00. The van der Waals surface area contributed by atoms with Crippen LogP contribution in [0.3, 0.4) is 0 Å². The first kappa shape index (κ1) is 12.5. The van der Waals surface area contributed by atoms with Crippen molar-refractivity contribution in [3.05, 3.63) is 23.8 Å². The molecule has 1 aromatic rings. The summed E-state index contributed by atoms with van der Waals surface area (Å²) in [7, 11) is -3.51. The summed E-state index contributed by atoms with van der Waals surface area (Å²) in [5.74, 6) is 0.634. The smallest absolute Gasteiger partial charge is 0.266 e. The van der Waals surface area contributed by atoms with Crippen LogP contribution in [0.1, 0.15) is 38.2 Å². The summed E-state index contributed by atoms with van der Waals surface area (Å²) in [4.78, 5) is 4.61. The van der Waals surface area contributed by atoms with Crippen LogP contribution < -0.4 is 10.0 Å². The number of benzene rings is 1. The van der Waals surface area contributed by atoms with Crippen LogP contribution in [0.5, 0.6) is 0 Å². The van der Waals surface area contributed by atoms with Gasteiger partial charge in [-0.2, -0.15) is 0 Å². The molecule has 0 spiro atoms. The van der Waals surface area contributed by atoms with Gasteiger partial charge in [0.15, 0.2) is 0 Å². The number of hydrogen-bond donors (Lipinski definition) is 2.